The summed E-state index contributed by atoms with van der Waals surface area (Å²) in [5.74, 6) is 0.780. The van der Waals surface area contributed by atoms with Gasteiger partial charge in [0.25, 0.3) is 0 Å². The fourth-order valence-electron chi connectivity index (χ4n) is 3.07. The van der Waals surface area contributed by atoms with E-state index in [1.54, 1.807) is 6.20 Å². The molecule has 3 heterocycles. The molecule has 0 aliphatic carbocycles. The summed E-state index contributed by atoms with van der Waals surface area (Å²) >= 11 is 0. The van der Waals surface area contributed by atoms with Gasteiger partial charge >= 0.3 is 0 Å². The van der Waals surface area contributed by atoms with Crippen LogP contribution in [0, 0.1) is 0 Å². The van der Waals surface area contributed by atoms with Crippen LogP contribution in [0.2, 0.25) is 0 Å². The molecule has 0 atom stereocenters. The average molecular weight is 385 g/mol. The number of morpholine rings is 1. The first-order valence-electron chi connectivity index (χ1n) is 9.79. The maximum absolute atomic E-state index is 5.48. The Morgan fingerprint density at radius 3 is 2.46 bits per heavy atom. The van der Waals surface area contributed by atoms with E-state index >= 15 is 0 Å². The second-order valence-electron chi connectivity index (χ2n) is 6.19. The van der Waals surface area contributed by atoms with Crippen molar-refractivity contribution < 1.29 is 4.74 Å². The predicted molar refractivity (Wildman–Crippen MR) is 117 cm³/mol. The van der Waals surface area contributed by atoms with Gasteiger partial charge in [-0.25, -0.2) is 9.97 Å². The number of imidazole rings is 1. The van der Waals surface area contributed by atoms with E-state index < -0.39 is 0 Å². The molecular weight excluding hydrogens is 352 g/mol. The van der Waals surface area contributed by atoms with E-state index in [9.17, 15) is 0 Å². The predicted octanol–water partition coefficient (Wildman–Crippen LogP) is 3.27. The Labute approximate surface area is 167 Å². The molecule has 0 amide bonds. The number of para-hydroxylation sites is 1. The molecule has 3 aromatic rings. The lowest BCUT2D eigenvalue weighted by Crippen LogP contribution is -2.36. The number of nitrogens with two attached hydrogens (primary N) is 1. The van der Waals surface area contributed by atoms with Gasteiger partial charge in [-0.1, -0.05) is 38.5 Å². The summed E-state index contributed by atoms with van der Waals surface area (Å²) in [5.41, 5.74) is 8.80. The Kier molecular flexibility index (Phi) is 8.71. The van der Waals surface area contributed by atoms with E-state index in [1.807, 2.05) is 19.4 Å². The number of nitrogens with zero attached hydrogens (tertiary/aromatic N) is 4. The monoisotopic (exact) mass is 384 g/mol. The second kappa shape index (κ2) is 11.3. The smallest absolute Gasteiger partial charge is 0.180 e. The zero-order valence-electron chi connectivity index (χ0n) is 17.4. The number of ether oxygens (including phenoxy) is 1. The Balaban J connectivity index is 0.000000514. The standard InChI is InChI=1S/C17H19N5O.C3H8.CH5N/c1-18-16-17-20-12-15(22(17)7-6-19-16)13-4-2-3-5-14(13)21-8-10-23-11-9-21;1-3-2;1-2/h2-7,12H,8-11H2,1H3,(H,18,19);3H2,1-2H3;2H2,1H3. The van der Waals surface area contributed by atoms with Crippen LogP contribution in [0.3, 0.4) is 0 Å². The number of hydrogen-bond acceptors (Lipinski definition) is 6. The summed E-state index contributed by atoms with van der Waals surface area (Å²) in [6.07, 6.45) is 6.91. The van der Waals surface area contributed by atoms with E-state index in [0.717, 1.165) is 43.5 Å². The van der Waals surface area contributed by atoms with Crippen LogP contribution in [0.1, 0.15) is 20.3 Å². The van der Waals surface area contributed by atoms with E-state index in [4.69, 9.17) is 4.74 Å². The highest BCUT2D eigenvalue weighted by Gasteiger charge is 2.18. The minimum atomic E-state index is 0.773. The Bertz CT molecular complexity index is 842. The Morgan fingerprint density at radius 2 is 1.79 bits per heavy atom. The molecule has 0 unspecified atom stereocenters. The third-order valence-corrected chi connectivity index (χ3v) is 4.20. The molecular formula is C21H32N6O. The fraction of sp³-hybridized carbons (Fsp3) is 0.429. The highest BCUT2D eigenvalue weighted by Crippen LogP contribution is 2.32. The van der Waals surface area contributed by atoms with Crippen molar-refractivity contribution in [3.8, 4) is 11.3 Å². The lowest BCUT2D eigenvalue weighted by molar-refractivity contribution is 0.123. The zero-order chi connectivity index (χ0) is 20.4. The number of hydrogen-bond donors (Lipinski definition) is 2. The fourth-order valence-corrected chi connectivity index (χ4v) is 3.07. The molecule has 3 N–H and O–H groups in total. The van der Waals surface area contributed by atoms with Gasteiger partial charge in [0.2, 0.25) is 0 Å². The molecule has 1 fully saturated rings. The van der Waals surface area contributed by atoms with Crippen LogP contribution < -0.4 is 16.0 Å². The SMILES string of the molecule is CCC.CN.CNc1nccn2c(-c3ccccc3N3CCOCC3)cnc12. The van der Waals surface area contributed by atoms with Crippen LogP contribution >= 0.6 is 0 Å². The Morgan fingerprint density at radius 1 is 1.11 bits per heavy atom. The molecule has 0 radical (unpaired) electrons. The summed E-state index contributed by atoms with van der Waals surface area (Å²) in [6, 6.07) is 8.46. The number of fused-ring (bicyclic) bond motifs is 1. The van der Waals surface area contributed by atoms with Crippen molar-refractivity contribution in [1.29, 1.82) is 0 Å². The second-order valence-corrected chi connectivity index (χ2v) is 6.19. The van der Waals surface area contributed by atoms with Crippen LogP contribution in [0.5, 0.6) is 0 Å². The van der Waals surface area contributed by atoms with E-state index in [-0.39, 0.29) is 0 Å². The molecule has 1 aromatic carbocycles. The first-order valence-corrected chi connectivity index (χ1v) is 9.79. The molecule has 7 heteroatoms. The summed E-state index contributed by atoms with van der Waals surface area (Å²) in [7, 11) is 3.36. The molecule has 152 valence electrons. The minimum absolute atomic E-state index is 0.773. The van der Waals surface area contributed by atoms with Crippen molar-refractivity contribution >= 4 is 17.2 Å². The zero-order valence-corrected chi connectivity index (χ0v) is 17.4. The number of benzene rings is 1. The van der Waals surface area contributed by atoms with Gasteiger partial charge in [0.15, 0.2) is 11.5 Å². The van der Waals surface area contributed by atoms with Crippen molar-refractivity contribution in [2.24, 2.45) is 5.73 Å². The maximum Gasteiger partial charge on any atom is 0.180 e. The largest absolute Gasteiger partial charge is 0.378 e. The van der Waals surface area contributed by atoms with Gasteiger partial charge in [-0.2, -0.15) is 0 Å². The molecule has 4 rings (SSSR count). The number of nitrogens with one attached hydrogen (secondary N) is 1. The third-order valence-electron chi connectivity index (χ3n) is 4.20. The molecule has 0 saturated carbocycles. The normalized spacial score (nSPS) is 13.2. The Hall–Kier alpha value is -2.64. The van der Waals surface area contributed by atoms with Crippen molar-refractivity contribution in [2.75, 3.05) is 50.6 Å². The topological polar surface area (TPSA) is 80.7 Å². The maximum atomic E-state index is 5.48. The van der Waals surface area contributed by atoms with Crippen molar-refractivity contribution in [2.45, 2.75) is 20.3 Å². The van der Waals surface area contributed by atoms with Gasteiger partial charge in [-0.15, -0.1) is 0 Å². The molecule has 28 heavy (non-hydrogen) atoms. The van der Waals surface area contributed by atoms with Crippen LogP contribution in [0.4, 0.5) is 11.5 Å². The molecule has 7 nitrogen and oxygen atoms in total. The minimum Gasteiger partial charge on any atom is -0.378 e. The van der Waals surface area contributed by atoms with E-state index in [1.165, 1.54) is 24.7 Å². The lowest BCUT2D eigenvalue weighted by atomic mass is 10.1. The van der Waals surface area contributed by atoms with Gasteiger partial charge in [0.05, 0.1) is 25.1 Å². The van der Waals surface area contributed by atoms with Crippen LogP contribution in [-0.2, 0) is 4.74 Å². The third kappa shape index (κ3) is 4.79. The van der Waals surface area contributed by atoms with Crippen molar-refractivity contribution in [3.05, 3.63) is 42.9 Å². The first kappa shape index (κ1) is 21.7. The average Bonchev–Trinajstić information content (AvgIpc) is 3.20. The molecule has 0 spiro atoms. The molecule has 1 saturated heterocycles. The number of rotatable bonds is 3. The van der Waals surface area contributed by atoms with Gasteiger partial charge in [-0.05, 0) is 13.1 Å². The van der Waals surface area contributed by atoms with E-state index in [2.05, 4.69) is 68.4 Å². The quantitative estimate of drug-likeness (QED) is 0.721. The van der Waals surface area contributed by atoms with E-state index in [0.29, 0.717) is 0 Å². The van der Waals surface area contributed by atoms with Crippen molar-refractivity contribution in [1.82, 2.24) is 14.4 Å². The summed E-state index contributed by atoms with van der Waals surface area (Å²) in [4.78, 5) is 11.2. The first-order chi connectivity index (χ1) is 13.8. The molecule has 1 aliphatic rings. The highest BCUT2D eigenvalue weighted by molar-refractivity contribution is 5.79. The molecule has 2 aromatic heterocycles. The summed E-state index contributed by atoms with van der Waals surface area (Å²) < 4.78 is 7.56. The number of anilines is 2. The van der Waals surface area contributed by atoms with Crippen LogP contribution in [0.25, 0.3) is 16.9 Å². The van der Waals surface area contributed by atoms with Gasteiger partial charge in [-0.3, -0.25) is 4.40 Å². The van der Waals surface area contributed by atoms with Crippen LogP contribution in [-0.4, -0.2) is 54.8 Å². The number of aromatic nitrogens is 3. The molecule has 0 bridgehead atoms. The van der Waals surface area contributed by atoms with Gasteiger partial charge < -0.3 is 20.7 Å². The lowest BCUT2D eigenvalue weighted by Gasteiger charge is -2.30. The van der Waals surface area contributed by atoms with Crippen molar-refractivity contribution in [3.63, 3.8) is 0 Å². The van der Waals surface area contributed by atoms with Crippen LogP contribution in [0.15, 0.2) is 42.9 Å². The highest BCUT2D eigenvalue weighted by atomic mass is 16.5. The summed E-state index contributed by atoms with van der Waals surface area (Å²) in [6.45, 7) is 7.62. The molecule has 1 aliphatic heterocycles. The summed E-state index contributed by atoms with van der Waals surface area (Å²) in [5, 5.41) is 3.09. The van der Waals surface area contributed by atoms with Gasteiger partial charge in [0.1, 0.15) is 0 Å². The van der Waals surface area contributed by atoms with Gasteiger partial charge in [0, 0.05) is 43.8 Å².